The first-order chi connectivity index (χ1) is 8.56. The highest BCUT2D eigenvalue weighted by atomic mass is 79.9. The Hall–Kier alpha value is -0.640. The van der Waals surface area contributed by atoms with Gasteiger partial charge in [0.05, 0.1) is 0 Å². The van der Waals surface area contributed by atoms with Gasteiger partial charge >= 0.3 is 0 Å². The summed E-state index contributed by atoms with van der Waals surface area (Å²) in [5, 5.41) is 0. The van der Waals surface area contributed by atoms with Gasteiger partial charge in [-0.1, -0.05) is 27.2 Å². The van der Waals surface area contributed by atoms with E-state index < -0.39 is 0 Å². The number of aromatic nitrogens is 2. The molecule has 0 aliphatic carbocycles. The highest BCUT2D eigenvalue weighted by molar-refractivity contribution is 9.10. The lowest BCUT2D eigenvalue weighted by atomic mass is 9.78. The lowest BCUT2D eigenvalue weighted by Crippen LogP contribution is -2.39. The van der Waals surface area contributed by atoms with Crippen molar-refractivity contribution in [3.63, 3.8) is 0 Å². The smallest absolute Gasteiger partial charge is 0.133 e. The van der Waals surface area contributed by atoms with Gasteiger partial charge in [0.2, 0.25) is 0 Å². The second kappa shape index (κ2) is 5.55. The van der Waals surface area contributed by atoms with Crippen LogP contribution in [0.25, 0.3) is 0 Å². The molecular formula is C14H22BrN3. The molecule has 0 unspecified atom stereocenters. The van der Waals surface area contributed by atoms with Crippen molar-refractivity contribution < 1.29 is 0 Å². The van der Waals surface area contributed by atoms with E-state index in [1.807, 2.05) is 6.07 Å². The molecule has 1 aromatic rings. The van der Waals surface area contributed by atoms with E-state index in [-0.39, 0.29) is 0 Å². The maximum Gasteiger partial charge on any atom is 0.133 e. The maximum atomic E-state index is 4.63. The molecule has 4 heteroatoms. The first-order valence-corrected chi connectivity index (χ1v) is 7.64. The van der Waals surface area contributed by atoms with Gasteiger partial charge in [-0.15, -0.1) is 0 Å². The molecule has 0 radical (unpaired) electrons. The first kappa shape index (κ1) is 13.8. The van der Waals surface area contributed by atoms with Crippen LogP contribution in [-0.4, -0.2) is 23.1 Å². The van der Waals surface area contributed by atoms with Gasteiger partial charge in [-0.2, -0.15) is 0 Å². The third-order valence-corrected chi connectivity index (χ3v) is 4.60. The molecule has 0 spiro atoms. The van der Waals surface area contributed by atoms with Crippen LogP contribution in [0.5, 0.6) is 0 Å². The standard InChI is InChI=1S/C14H22BrN3/c1-4-12-16-11(15)10-13(17-12)18-8-6-14(3,5-2)7-9-18/h10H,4-9H2,1-3H3. The van der Waals surface area contributed by atoms with E-state index in [1.54, 1.807) is 0 Å². The zero-order valence-electron chi connectivity index (χ0n) is 11.5. The monoisotopic (exact) mass is 311 g/mol. The number of aryl methyl sites for hydroxylation is 1. The lowest BCUT2D eigenvalue weighted by molar-refractivity contribution is 0.237. The van der Waals surface area contributed by atoms with E-state index in [0.29, 0.717) is 5.41 Å². The summed E-state index contributed by atoms with van der Waals surface area (Å²) >= 11 is 3.48. The summed E-state index contributed by atoms with van der Waals surface area (Å²) in [6, 6.07) is 2.04. The Morgan fingerprint density at radius 3 is 2.50 bits per heavy atom. The van der Waals surface area contributed by atoms with Crippen LogP contribution in [0.3, 0.4) is 0 Å². The molecule has 18 heavy (non-hydrogen) atoms. The average molecular weight is 312 g/mol. The molecule has 1 fully saturated rings. The molecule has 3 nitrogen and oxygen atoms in total. The summed E-state index contributed by atoms with van der Waals surface area (Å²) in [5.41, 5.74) is 0.522. The van der Waals surface area contributed by atoms with Crippen LogP contribution >= 0.6 is 15.9 Å². The minimum absolute atomic E-state index is 0.522. The molecule has 0 bridgehead atoms. The molecule has 2 heterocycles. The minimum Gasteiger partial charge on any atom is -0.356 e. The van der Waals surface area contributed by atoms with Crippen molar-refractivity contribution in [1.29, 1.82) is 0 Å². The lowest BCUT2D eigenvalue weighted by Gasteiger charge is -2.39. The topological polar surface area (TPSA) is 29.0 Å². The van der Waals surface area contributed by atoms with Gasteiger partial charge in [-0.3, -0.25) is 0 Å². The molecule has 100 valence electrons. The molecule has 0 amide bonds. The van der Waals surface area contributed by atoms with E-state index in [4.69, 9.17) is 0 Å². The Kier molecular flexibility index (Phi) is 4.25. The van der Waals surface area contributed by atoms with Crippen LogP contribution in [0.1, 0.15) is 45.9 Å². The van der Waals surface area contributed by atoms with Gasteiger partial charge in [0.1, 0.15) is 16.2 Å². The molecule has 0 saturated carbocycles. The van der Waals surface area contributed by atoms with Gasteiger partial charge in [0, 0.05) is 25.6 Å². The zero-order valence-corrected chi connectivity index (χ0v) is 13.1. The summed E-state index contributed by atoms with van der Waals surface area (Å²) in [4.78, 5) is 11.4. The predicted molar refractivity (Wildman–Crippen MR) is 79.0 cm³/mol. The fourth-order valence-electron chi connectivity index (χ4n) is 2.40. The van der Waals surface area contributed by atoms with Crippen LogP contribution in [-0.2, 0) is 6.42 Å². The molecule has 1 aromatic heterocycles. The van der Waals surface area contributed by atoms with Crippen LogP contribution in [0.4, 0.5) is 5.82 Å². The first-order valence-electron chi connectivity index (χ1n) is 6.85. The Bertz CT molecular complexity index is 412. The van der Waals surface area contributed by atoms with Crippen molar-refractivity contribution in [3.05, 3.63) is 16.5 Å². The average Bonchev–Trinajstić information content (AvgIpc) is 2.39. The summed E-state index contributed by atoms with van der Waals surface area (Å²) in [6.45, 7) is 9.01. The van der Waals surface area contributed by atoms with Crippen LogP contribution in [0, 0.1) is 5.41 Å². The van der Waals surface area contributed by atoms with Gasteiger partial charge in [-0.25, -0.2) is 9.97 Å². The third kappa shape index (κ3) is 3.02. The zero-order chi connectivity index (χ0) is 13.2. The number of hydrogen-bond acceptors (Lipinski definition) is 3. The minimum atomic E-state index is 0.522. The number of rotatable bonds is 3. The summed E-state index contributed by atoms with van der Waals surface area (Å²) < 4.78 is 0.896. The predicted octanol–water partition coefficient (Wildman–Crippen LogP) is 3.82. The van der Waals surface area contributed by atoms with Crippen LogP contribution < -0.4 is 4.90 Å². The second-order valence-corrected chi connectivity index (χ2v) is 6.28. The SMILES string of the molecule is CCc1nc(Br)cc(N2CCC(C)(CC)CC2)n1. The number of hydrogen-bond donors (Lipinski definition) is 0. The summed E-state index contributed by atoms with van der Waals surface area (Å²) in [5.74, 6) is 2.00. The molecule has 2 rings (SSSR count). The van der Waals surface area contributed by atoms with Gasteiger partial charge in [0.15, 0.2) is 0 Å². The van der Waals surface area contributed by atoms with Crippen molar-refractivity contribution in [2.24, 2.45) is 5.41 Å². The van der Waals surface area contributed by atoms with E-state index >= 15 is 0 Å². The largest absolute Gasteiger partial charge is 0.356 e. The Morgan fingerprint density at radius 2 is 1.94 bits per heavy atom. The quantitative estimate of drug-likeness (QED) is 0.795. The van der Waals surface area contributed by atoms with Gasteiger partial charge < -0.3 is 4.90 Å². The van der Waals surface area contributed by atoms with Crippen LogP contribution in [0.2, 0.25) is 0 Å². The normalized spacial score (nSPS) is 19.0. The highest BCUT2D eigenvalue weighted by Gasteiger charge is 2.28. The molecule has 1 aliphatic rings. The van der Waals surface area contributed by atoms with Crippen molar-refractivity contribution in [2.75, 3.05) is 18.0 Å². The van der Waals surface area contributed by atoms with E-state index in [1.165, 1.54) is 19.3 Å². The van der Waals surface area contributed by atoms with Crippen LogP contribution in [0.15, 0.2) is 10.7 Å². The molecular weight excluding hydrogens is 290 g/mol. The Balaban J connectivity index is 2.12. The number of nitrogens with zero attached hydrogens (tertiary/aromatic N) is 3. The second-order valence-electron chi connectivity index (χ2n) is 5.47. The summed E-state index contributed by atoms with van der Waals surface area (Å²) in [6.07, 6.45) is 4.67. The van der Waals surface area contributed by atoms with Gasteiger partial charge in [-0.05, 0) is 34.2 Å². The number of anilines is 1. The molecule has 0 atom stereocenters. The van der Waals surface area contributed by atoms with Crippen molar-refractivity contribution in [3.8, 4) is 0 Å². The molecule has 1 aliphatic heterocycles. The third-order valence-electron chi connectivity index (χ3n) is 4.19. The summed E-state index contributed by atoms with van der Waals surface area (Å²) in [7, 11) is 0. The van der Waals surface area contributed by atoms with Gasteiger partial charge in [0.25, 0.3) is 0 Å². The number of piperidine rings is 1. The van der Waals surface area contributed by atoms with Crippen molar-refractivity contribution >= 4 is 21.7 Å². The van der Waals surface area contributed by atoms with Crippen molar-refractivity contribution in [1.82, 2.24) is 9.97 Å². The van der Waals surface area contributed by atoms with E-state index in [2.05, 4.69) is 51.6 Å². The Labute approximate surface area is 118 Å². The number of halogens is 1. The van der Waals surface area contributed by atoms with E-state index in [0.717, 1.165) is 35.8 Å². The molecule has 0 aromatic carbocycles. The maximum absolute atomic E-state index is 4.63. The fraction of sp³-hybridized carbons (Fsp3) is 0.714. The molecule has 1 saturated heterocycles. The highest BCUT2D eigenvalue weighted by Crippen LogP contribution is 2.35. The van der Waals surface area contributed by atoms with Crippen molar-refractivity contribution in [2.45, 2.75) is 46.5 Å². The Morgan fingerprint density at radius 1 is 1.28 bits per heavy atom. The fourth-order valence-corrected chi connectivity index (χ4v) is 2.81. The van der Waals surface area contributed by atoms with E-state index in [9.17, 15) is 0 Å². The molecule has 0 N–H and O–H groups in total.